The van der Waals surface area contributed by atoms with E-state index in [9.17, 15) is 14.4 Å². The van der Waals surface area contributed by atoms with Gasteiger partial charge in [-0.25, -0.2) is 0 Å². The molecule has 0 fully saturated rings. The molecule has 1 atom stereocenters. The first-order valence-electron chi connectivity index (χ1n) is 7.95. The van der Waals surface area contributed by atoms with Gasteiger partial charge in [-0.1, -0.05) is 6.07 Å². The maximum absolute atomic E-state index is 12.0. The fourth-order valence-corrected chi connectivity index (χ4v) is 3.21. The van der Waals surface area contributed by atoms with Crippen LogP contribution in [0.2, 0.25) is 0 Å². The molecule has 8 heteroatoms. The molecular formula is C18H21N3O4S. The van der Waals surface area contributed by atoms with Gasteiger partial charge < -0.3 is 20.7 Å². The van der Waals surface area contributed by atoms with Crippen LogP contribution in [0.4, 0.5) is 11.4 Å². The molecule has 0 saturated carbocycles. The number of aryl methyl sites for hydroxylation is 1. The summed E-state index contributed by atoms with van der Waals surface area (Å²) < 4.78 is 5.37. The molecule has 3 N–H and O–H groups in total. The Morgan fingerprint density at radius 1 is 1.08 bits per heavy atom. The van der Waals surface area contributed by atoms with Crippen molar-refractivity contribution in [1.29, 1.82) is 0 Å². The molecule has 0 aliphatic rings. The van der Waals surface area contributed by atoms with Crippen LogP contribution in [-0.2, 0) is 19.1 Å². The summed E-state index contributed by atoms with van der Waals surface area (Å²) in [5, 5.41) is 7.68. The zero-order valence-electron chi connectivity index (χ0n) is 14.8. The Morgan fingerprint density at radius 3 is 2.35 bits per heavy atom. The van der Waals surface area contributed by atoms with Crippen LogP contribution in [0.1, 0.15) is 22.8 Å². The highest BCUT2D eigenvalue weighted by molar-refractivity contribution is 7.12. The van der Waals surface area contributed by atoms with Gasteiger partial charge in [0.1, 0.15) is 6.10 Å². The number of anilines is 2. The summed E-state index contributed by atoms with van der Waals surface area (Å²) >= 11 is 1.58. The van der Waals surface area contributed by atoms with E-state index in [0.29, 0.717) is 11.4 Å². The summed E-state index contributed by atoms with van der Waals surface area (Å²) in [5.41, 5.74) is 0.941. The van der Waals surface area contributed by atoms with E-state index in [4.69, 9.17) is 4.74 Å². The van der Waals surface area contributed by atoms with E-state index in [-0.39, 0.29) is 18.6 Å². The standard InChI is InChI=1S/C18H21N3O4S/c1-11-7-8-16(26-11)15(25-3)10-19-17(23)18(24)21-14-6-4-5-13(9-14)20-12(2)22/h4-9,15H,10H2,1-3H3,(H,19,23)(H,20,22)(H,21,24). The molecule has 3 amide bonds. The van der Waals surface area contributed by atoms with Gasteiger partial charge >= 0.3 is 11.8 Å². The van der Waals surface area contributed by atoms with Crippen LogP contribution >= 0.6 is 11.3 Å². The molecule has 7 nitrogen and oxygen atoms in total. The van der Waals surface area contributed by atoms with Crippen molar-refractivity contribution < 1.29 is 19.1 Å². The van der Waals surface area contributed by atoms with Crippen molar-refractivity contribution in [2.75, 3.05) is 24.3 Å². The van der Waals surface area contributed by atoms with Crippen molar-refractivity contribution in [2.24, 2.45) is 0 Å². The first kappa shape index (κ1) is 19.6. The molecule has 1 heterocycles. The summed E-state index contributed by atoms with van der Waals surface area (Å²) in [7, 11) is 1.56. The quantitative estimate of drug-likeness (QED) is 0.676. The molecule has 26 heavy (non-hydrogen) atoms. The number of rotatable bonds is 6. The molecule has 0 aliphatic carbocycles. The van der Waals surface area contributed by atoms with Crippen molar-refractivity contribution in [1.82, 2.24) is 5.32 Å². The minimum Gasteiger partial charge on any atom is -0.374 e. The maximum Gasteiger partial charge on any atom is 0.313 e. The predicted molar refractivity (Wildman–Crippen MR) is 101 cm³/mol. The number of carbonyl (C=O) groups is 3. The van der Waals surface area contributed by atoms with E-state index in [2.05, 4.69) is 16.0 Å². The van der Waals surface area contributed by atoms with Crippen molar-refractivity contribution >= 4 is 40.4 Å². The molecule has 1 unspecified atom stereocenters. The van der Waals surface area contributed by atoms with Gasteiger partial charge in [-0.05, 0) is 37.3 Å². The Balaban J connectivity index is 1.91. The van der Waals surface area contributed by atoms with Crippen molar-refractivity contribution in [2.45, 2.75) is 20.0 Å². The average molecular weight is 375 g/mol. The Hall–Kier alpha value is -2.71. The summed E-state index contributed by atoms with van der Waals surface area (Å²) in [4.78, 5) is 37.3. The number of carbonyl (C=O) groups excluding carboxylic acids is 3. The third kappa shape index (κ3) is 5.68. The molecule has 1 aromatic carbocycles. The summed E-state index contributed by atoms with van der Waals surface area (Å²) in [6.45, 7) is 3.57. The first-order chi connectivity index (χ1) is 12.4. The number of benzene rings is 1. The minimum atomic E-state index is -0.790. The third-order valence-electron chi connectivity index (χ3n) is 3.46. The van der Waals surface area contributed by atoms with Crippen molar-refractivity contribution in [3.05, 3.63) is 46.2 Å². The zero-order chi connectivity index (χ0) is 19.1. The SMILES string of the molecule is COC(CNC(=O)C(=O)Nc1cccc(NC(C)=O)c1)c1ccc(C)s1. The molecule has 2 rings (SSSR count). The summed E-state index contributed by atoms with van der Waals surface area (Å²) in [6, 6.07) is 10.5. The van der Waals surface area contributed by atoms with E-state index in [1.165, 1.54) is 6.92 Å². The van der Waals surface area contributed by atoms with Gasteiger partial charge in [-0.15, -0.1) is 11.3 Å². The largest absolute Gasteiger partial charge is 0.374 e. The van der Waals surface area contributed by atoms with Crippen LogP contribution in [-0.4, -0.2) is 31.4 Å². The van der Waals surface area contributed by atoms with Gasteiger partial charge in [-0.3, -0.25) is 14.4 Å². The van der Waals surface area contributed by atoms with Crippen LogP contribution in [0.5, 0.6) is 0 Å². The monoisotopic (exact) mass is 375 g/mol. The van der Waals surface area contributed by atoms with E-state index >= 15 is 0 Å². The highest BCUT2D eigenvalue weighted by Gasteiger charge is 2.18. The predicted octanol–water partition coefficient (Wildman–Crippen LogP) is 2.46. The number of ether oxygens (including phenoxy) is 1. The van der Waals surface area contributed by atoms with Gasteiger partial charge in [0.15, 0.2) is 0 Å². The second-order valence-electron chi connectivity index (χ2n) is 5.60. The van der Waals surface area contributed by atoms with Crippen molar-refractivity contribution in [3.63, 3.8) is 0 Å². The molecule has 0 bridgehead atoms. The van der Waals surface area contributed by atoms with Crippen LogP contribution in [0.15, 0.2) is 36.4 Å². The molecule has 0 radical (unpaired) electrons. The summed E-state index contributed by atoms with van der Waals surface area (Å²) in [6.07, 6.45) is -0.312. The Kier molecular flexibility index (Phi) is 6.88. The van der Waals surface area contributed by atoms with Gasteiger partial charge in [0.05, 0.1) is 0 Å². The molecule has 0 saturated heterocycles. The van der Waals surface area contributed by atoms with Crippen LogP contribution in [0, 0.1) is 6.92 Å². The molecular weight excluding hydrogens is 354 g/mol. The van der Waals surface area contributed by atoms with Gasteiger partial charge in [-0.2, -0.15) is 0 Å². The number of thiophene rings is 1. The average Bonchev–Trinajstić information content (AvgIpc) is 3.01. The fraction of sp³-hybridized carbons (Fsp3) is 0.278. The fourth-order valence-electron chi connectivity index (χ4n) is 2.26. The van der Waals surface area contributed by atoms with Crippen molar-refractivity contribution in [3.8, 4) is 0 Å². The molecule has 0 aliphatic heterocycles. The summed E-state index contributed by atoms with van der Waals surface area (Å²) in [5.74, 6) is -1.77. The minimum absolute atomic E-state index is 0.189. The third-order valence-corrected chi connectivity index (χ3v) is 4.55. The molecule has 2 aromatic rings. The maximum atomic E-state index is 12.0. The highest BCUT2D eigenvalue weighted by Crippen LogP contribution is 2.24. The van der Waals surface area contributed by atoms with Gasteiger partial charge in [0.2, 0.25) is 5.91 Å². The lowest BCUT2D eigenvalue weighted by Crippen LogP contribution is -2.37. The molecule has 0 spiro atoms. The Morgan fingerprint density at radius 2 is 1.77 bits per heavy atom. The van der Waals surface area contributed by atoms with E-state index < -0.39 is 11.8 Å². The second-order valence-corrected chi connectivity index (χ2v) is 6.92. The smallest absolute Gasteiger partial charge is 0.313 e. The van der Waals surface area contributed by atoms with E-state index in [1.54, 1.807) is 42.7 Å². The number of methoxy groups -OCH3 is 1. The van der Waals surface area contributed by atoms with Gasteiger partial charge in [0, 0.05) is 41.7 Å². The molecule has 138 valence electrons. The Labute approximate surface area is 155 Å². The lowest BCUT2D eigenvalue weighted by Gasteiger charge is -2.14. The van der Waals surface area contributed by atoms with Crippen LogP contribution in [0.25, 0.3) is 0 Å². The topological polar surface area (TPSA) is 96.5 Å². The van der Waals surface area contributed by atoms with Crippen LogP contribution < -0.4 is 16.0 Å². The lowest BCUT2D eigenvalue weighted by molar-refractivity contribution is -0.136. The number of nitrogens with one attached hydrogen (secondary N) is 3. The van der Waals surface area contributed by atoms with Crippen LogP contribution in [0.3, 0.4) is 0 Å². The number of amides is 3. The first-order valence-corrected chi connectivity index (χ1v) is 8.76. The lowest BCUT2D eigenvalue weighted by atomic mass is 10.2. The number of hydrogen-bond acceptors (Lipinski definition) is 5. The Bertz CT molecular complexity index is 803. The zero-order valence-corrected chi connectivity index (χ0v) is 15.6. The van der Waals surface area contributed by atoms with E-state index in [1.807, 2.05) is 19.1 Å². The second kappa shape index (κ2) is 9.12. The highest BCUT2D eigenvalue weighted by atomic mass is 32.1. The van der Waals surface area contributed by atoms with Gasteiger partial charge in [0.25, 0.3) is 0 Å². The molecule has 1 aromatic heterocycles. The normalized spacial score (nSPS) is 11.5. The van der Waals surface area contributed by atoms with E-state index in [0.717, 1.165) is 9.75 Å². The number of hydrogen-bond donors (Lipinski definition) is 3.